The average molecular weight is 440 g/mol. The van der Waals surface area contributed by atoms with Crippen LogP contribution in [0, 0.1) is 6.92 Å². The normalized spacial score (nSPS) is 14.5. The number of hydrogen-bond donors (Lipinski definition) is 1. The van der Waals surface area contributed by atoms with Gasteiger partial charge in [0.1, 0.15) is 16.5 Å². The Balaban J connectivity index is 1.51. The SMILES string of the molecule is COc1ccccc1N1CCN(c2ncc(S(=O)(=O)c3ccc(C)cc3)c(N)n2)CC1. The lowest BCUT2D eigenvalue weighted by molar-refractivity contribution is 0.413. The van der Waals surface area contributed by atoms with Gasteiger partial charge in [-0.05, 0) is 31.2 Å². The topological polar surface area (TPSA) is 102 Å². The number of methoxy groups -OCH3 is 1. The van der Waals surface area contributed by atoms with E-state index >= 15 is 0 Å². The maximum atomic E-state index is 12.9. The maximum absolute atomic E-state index is 12.9. The third-order valence-corrected chi connectivity index (χ3v) is 7.17. The van der Waals surface area contributed by atoms with E-state index < -0.39 is 9.84 Å². The number of hydrogen-bond acceptors (Lipinski definition) is 8. The number of nitrogens with zero attached hydrogens (tertiary/aromatic N) is 4. The zero-order chi connectivity index (χ0) is 22.0. The number of aromatic nitrogens is 2. The molecule has 0 amide bonds. The Morgan fingerprint density at radius 2 is 1.61 bits per heavy atom. The van der Waals surface area contributed by atoms with Crippen molar-refractivity contribution in [2.75, 3.05) is 48.8 Å². The molecule has 0 bridgehead atoms. The van der Waals surface area contributed by atoms with Gasteiger partial charge in [-0.15, -0.1) is 0 Å². The maximum Gasteiger partial charge on any atom is 0.227 e. The lowest BCUT2D eigenvalue weighted by atomic mass is 10.2. The second-order valence-electron chi connectivity index (χ2n) is 7.38. The molecule has 1 saturated heterocycles. The van der Waals surface area contributed by atoms with Gasteiger partial charge in [0.2, 0.25) is 15.8 Å². The van der Waals surface area contributed by atoms with E-state index in [-0.39, 0.29) is 15.6 Å². The van der Waals surface area contributed by atoms with E-state index in [2.05, 4.69) is 14.9 Å². The van der Waals surface area contributed by atoms with Crippen LogP contribution in [-0.2, 0) is 9.84 Å². The minimum Gasteiger partial charge on any atom is -0.495 e. The number of aryl methyl sites for hydroxylation is 1. The molecule has 1 aromatic heterocycles. The van der Waals surface area contributed by atoms with Gasteiger partial charge in [0.05, 0.1) is 23.9 Å². The smallest absolute Gasteiger partial charge is 0.227 e. The molecule has 3 aromatic rings. The monoisotopic (exact) mass is 439 g/mol. The number of para-hydroxylation sites is 2. The van der Waals surface area contributed by atoms with Crippen LogP contribution in [0.25, 0.3) is 0 Å². The number of sulfone groups is 1. The molecule has 31 heavy (non-hydrogen) atoms. The van der Waals surface area contributed by atoms with Crippen LogP contribution in [-0.4, -0.2) is 51.7 Å². The number of anilines is 3. The molecule has 2 N–H and O–H groups in total. The molecule has 0 atom stereocenters. The standard InChI is InChI=1S/C22H25N5O3S/c1-16-7-9-17(10-8-16)31(28,29)20-15-24-22(25-21(20)23)27-13-11-26(12-14-27)18-5-3-4-6-19(18)30-2/h3-10,15H,11-14H2,1-2H3,(H2,23,24,25). The summed E-state index contributed by atoms with van der Waals surface area (Å²) in [5.41, 5.74) is 8.08. The first-order valence-corrected chi connectivity index (χ1v) is 11.5. The fourth-order valence-electron chi connectivity index (χ4n) is 3.62. The predicted octanol–water partition coefficient (Wildman–Crippen LogP) is 2.54. The molecule has 9 heteroatoms. The molecule has 0 unspecified atom stereocenters. The first-order chi connectivity index (χ1) is 14.9. The highest BCUT2D eigenvalue weighted by Gasteiger charge is 2.25. The number of ether oxygens (including phenoxy) is 1. The quantitative estimate of drug-likeness (QED) is 0.647. The Bertz CT molecular complexity index is 1170. The second kappa shape index (κ2) is 8.43. The summed E-state index contributed by atoms with van der Waals surface area (Å²) in [4.78, 5) is 13.0. The van der Waals surface area contributed by atoms with Crippen molar-refractivity contribution in [3.8, 4) is 5.75 Å². The largest absolute Gasteiger partial charge is 0.495 e. The van der Waals surface area contributed by atoms with Crippen LogP contribution in [0.2, 0.25) is 0 Å². The fraction of sp³-hybridized carbons (Fsp3) is 0.273. The highest BCUT2D eigenvalue weighted by molar-refractivity contribution is 7.91. The predicted molar refractivity (Wildman–Crippen MR) is 120 cm³/mol. The Labute approximate surface area is 182 Å². The number of nitrogen functional groups attached to an aromatic ring is 1. The number of rotatable bonds is 5. The minimum atomic E-state index is -3.78. The molecule has 2 heterocycles. The molecular formula is C22H25N5O3S. The van der Waals surface area contributed by atoms with Crippen LogP contribution >= 0.6 is 0 Å². The third-order valence-electron chi connectivity index (χ3n) is 5.38. The number of benzene rings is 2. The molecule has 0 radical (unpaired) electrons. The van der Waals surface area contributed by atoms with E-state index in [9.17, 15) is 8.42 Å². The van der Waals surface area contributed by atoms with Gasteiger partial charge < -0.3 is 20.3 Å². The molecule has 162 valence electrons. The highest BCUT2D eigenvalue weighted by Crippen LogP contribution is 2.30. The summed E-state index contributed by atoms with van der Waals surface area (Å²) in [6.07, 6.45) is 1.31. The second-order valence-corrected chi connectivity index (χ2v) is 9.30. The summed E-state index contributed by atoms with van der Waals surface area (Å²) in [6.45, 7) is 4.78. The molecule has 1 fully saturated rings. The molecular weight excluding hydrogens is 414 g/mol. The lowest BCUT2D eigenvalue weighted by Crippen LogP contribution is -2.47. The van der Waals surface area contributed by atoms with E-state index in [4.69, 9.17) is 10.5 Å². The van der Waals surface area contributed by atoms with Gasteiger partial charge in [0.15, 0.2) is 0 Å². The highest BCUT2D eigenvalue weighted by atomic mass is 32.2. The summed E-state index contributed by atoms with van der Waals surface area (Å²) in [6, 6.07) is 14.5. The zero-order valence-electron chi connectivity index (χ0n) is 17.5. The first-order valence-electron chi connectivity index (χ1n) is 9.97. The minimum absolute atomic E-state index is 0.0438. The Morgan fingerprint density at radius 3 is 2.26 bits per heavy atom. The summed E-state index contributed by atoms with van der Waals surface area (Å²) in [7, 11) is -2.11. The molecule has 1 aliphatic heterocycles. The van der Waals surface area contributed by atoms with Crippen molar-refractivity contribution in [3.63, 3.8) is 0 Å². The van der Waals surface area contributed by atoms with Gasteiger partial charge in [0, 0.05) is 26.2 Å². The van der Waals surface area contributed by atoms with Gasteiger partial charge in [0.25, 0.3) is 0 Å². The molecule has 1 aliphatic rings. The van der Waals surface area contributed by atoms with Gasteiger partial charge in [-0.1, -0.05) is 29.8 Å². The number of nitrogens with two attached hydrogens (primary N) is 1. The number of piperazine rings is 1. The average Bonchev–Trinajstić information content (AvgIpc) is 2.79. The summed E-state index contributed by atoms with van der Waals surface area (Å²) >= 11 is 0. The van der Waals surface area contributed by atoms with Crippen LogP contribution in [0.1, 0.15) is 5.56 Å². The molecule has 0 saturated carbocycles. The van der Waals surface area contributed by atoms with Crippen molar-refractivity contribution >= 4 is 27.3 Å². The summed E-state index contributed by atoms with van der Waals surface area (Å²) in [5.74, 6) is 1.22. The van der Waals surface area contributed by atoms with E-state index in [1.54, 1.807) is 31.4 Å². The van der Waals surface area contributed by atoms with E-state index in [0.717, 1.165) is 30.1 Å². The Kier molecular flexibility index (Phi) is 5.69. The van der Waals surface area contributed by atoms with E-state index in [1.807, 2.05) is 36.1 Å². The van der Waals surface area contributed by atoms with Crippen LogP contribution in [0.4, 0.5) is 17.5 Å². The molecule has 0 aliphatic carbocycles. The Hall–Kier alpha value is -3.33. The molecule has 8 nitrogen and oxygen atoms in total. The van der Waals surface area contributed by atoms with E-state index in [0.29, 0.717) is 19.0 Å². The zero-order valence-corrected chi connectivity index (χ0v) is 18.3. The Morgan fingerprint density at radius 1 is 0.968 bits per heavy atom. The van der Waals surface area contributed by atoms with Gasteiger partial charge in [-0.25, -0.2) is 13.4 Å². The van der Waals surface area contributed by atoms with Crippen LogP contribution in [0.3, 0.4) is 0 Å². The molecule has 0 spiro atoms. The van der Waals surface area contributed by atoms with Crippen molar-refractivity contribution in [2.24, 2.45) is 0 Å². The summed E-state index contributed by atoms with van der Waals surface area (Å²) in [5, 5.41) is 0. The van der Waals surface area contributed by atoms with Gasteiger partial charge in [-0.3, -0.25) is 0 Å². The van der Waals surface area contributed by atoms with Crippen LogP contribution < -0.4 is 20.3 Å². The van der Waals surface area contributed by atoms with Crippen LogP contribution in [0.5, 0.6) is 5.75 Å². The molecule has 4 rings (SSSR count). The third kappa shape index (κ3) is 4.13. The summed E-state index contributed by atoms with van der Waals surface area (Å²) < 4.78 is 31.3. The van der Waals surface area contributed by atoms with Crippen LogP contribution in [0.15, 0.2) is 64.5 Å². The van der Waals surface area contributed by atoms with Crippen molar-refractivity contribution in [1.29, 1.82) is 0 Å². The van der Waals surface area contributed by atoms with Gasteiger partial charge >= 0.3 is 0 Å². The van der Waals surface area contributed by atoms with Crippen molar-refractivity contribution in [2.45, 2.75) is 16.7 Å². The molecule has 2 aromatic carbocycles. The fourth-order valence-corrected chi connectivity index (χ4v) is 4.88. The van der Waals surface area contributed by atoms with Gasteiger partial charge in [-0.2, -0.15) is 4.98 Å². The van der Waals surface area contributed by atoms with Crippen molar-refractivity contribution < 1.29 is 13.2 Å². The van der Waals surface area contributed by atoms with Crippen molar-refractivity contribution in [1.82, 2.24) is 9.97 Å². The van der Waals surface area contributed by atoms with E-state index in [1.165, 1.54) is 6.20 Å². The lowest BCUT2D eigenvalue weighted by Gasteiger charge is -2.36. The van der Waals surface area contributed by atoms with Crippen molar-refractivity contribution in [3.05, 3.63) is 60.3 Å². The first kappa shape index (κ1) is 20.9.